The summed E-state index contributed by atoms with van der Waals surface area (Å²) in [6.45, 7) is 3.77. The van der Waals surface area contributed by atoms with E-state index in [4.69, 9.17) is 9.47 Å². The van der Waals surface area contributed by atoms with Crippen molar-refractivity contribution in [2.75, 3.05) is 25.1 Å². The summed E-state index contributed by atoms with van der Waals surface area (Å²) in [6.07, 6.45) is -12.5. The van der Waals surface area contributed by atoms with E-state index in [0.717, 1.165) is 0 Å². The van der Waals surface area contributed by atoms with E-state index in [1.54, 1.807) is 14.0 Å². The Morgan fingerprint density at radius 1 is 1.08 bits per heavy atom. The first-order valence-electron chi connectivity index (χ1n) is 11.9. The van der Waals surface area contributed by atoms with Crippen LogP contribution in [0.3, 0.4) is 0 Å². The number of anilines is 1. The van der Waals surface area contributed by atoms with E-state index in [0.29, 0.717) is 35.8 Å². The molecule has 39 heavy (non-hydrogen) atoms. The van der Waals surface area contributed by atoms with E-state index in [-0.39, 0.29) is 24.8 Å². The van der Waals surface area contributed by atoms with Crippen molar-refractivity contribution in [2.45, 2.75) is 50.7 Å². The van der Waals surface area contributed by atoms with Crippen molar-refractivity contribution in [3.05, 3.63) is 76.2 Å². The van der Waals surface area contributed by atoms with Gasteiger partial charge in [0.15, 0.2) is 12.1 Å². The van der Waals surface area contributed by atoms with E-state index < -0.39 is 47.2 Å². The molecular formula is C25H26F7N5O2. The SMILES string of the molecule is CNCc1n[nH]nc1N1CCO[C@H](O[C@H](C)c2cc(C(F)(F)F)cc(C(F)(F)F)c2)[C@]1(C)c1ccc(F)cc1. The number of H-pyrrole nitrogens is 1. The molecule has 1 fully saturated rings. The predicted molar refractivity (Wildman–Crippen MR) is 126 cm³/mol. The number of aromatic nitrogens is 3. The summed E-state index contributed by atoms with van der Waals surface area (Å²) in [5.74, 6) is -0.0726. The molecule has 0 aliphatic carbocycles. The third kappa shape index (κ3) is 5.87. The van der Waals surface area contributed by atoms with Gasteiger partial charge in [-0.2, -0.15) is 36.7 Å². The van der Waals surface area contributed by atoms with E-state index >= 15 is 0 Å². The highest BCUT2D eigenvalue weighted by molar-refractivity contribution is 5.50. The zero-order valence-electron chi connectivity index (χ0n) is 21.1. The Bertz CT molecular complexity index is 1250. The van der Waals surface area contributed by atoms with E-state index in [1.165, 1.54) is 31.2 Å². The van der Waals surface area contributed by atoms with Crippen LogP contribution in [-0.2, 0) is 33.9 Å². The largest absolute Gasteiger partial charge is 0.416 e. The summed E-state index contributed by atoms with van der Waals surface area (Å²) in [7, 11) is 1.72. The molecule has 4 rings (SSSR count). The number of hydrogen-bond donors (Lipinski definition) is 2. The number of morpholine rings is 1. The van der Waals surface area contributed by atoms with Gasteiger partial charge in [-0.25, -0.2) is 4.39 Å². The molecule has 3 atom stereocenters. The molecule has 14 heteroatoms. The molecule has 0 saturated carbocycles. The molecule has 1 aliphatic rings. The van der Waals surface area contributed by atoms with Gasteiger partial charge in [-0.1, -0.05) is 12.1 Å². The smallest absolute Gasteiger partial charge is 0.348 e. The zero-order chi connectivity index (χ0) is 28.6. The molecule has 1 aromatic heterocycles. The molecule has 0 radical (unpaired) electrons. The number of alkyl halides is 6. The third-order valence-corrected chi connectivity index (χ3v) is 6.64. The highest BCUT2D eigenvalue weighted by Gasteiger charge is 2.49. The van der Waals surface area contributed by atoms with Gasteiger partial charge in [0.1, 0.15) is 17.1 Å². The van der Waals surface area contributed by atoms with Gasteiger partial charge in [-0.3, -0.25) is 0 Å². The summed E-state index contributed by atoms with van der Waals surface area (Å²) < 4.78 is 107. The first-order chi connectivity index (χ1) is 18.2. The molecule has 2 aromatic carbocycles. The second kappa shape index (κ2) is 10.7. The first-order valence-corrected chi connectivity index (χ1v) is 11.9. The fourth-order valence-electron chi connectivity index (χ4n) is 4.58. The highest BCUT2D eigenvalue weighted by atomic mass is 19.4. The Morgan fingerprint density at radius 3 is 2.26 bits per heavy atom. The number of rotatable bonds is 7. The fourth-order valence-corrected chi connectivity index (χ4v) is 4.58. The zero-order valence-corrected chi connectivity index (χ0v) is 21.1. The minimum Gasteiger partial charge on any atom is -0.348 e. The van der Waals surface area contributed by atoms with Crippen LogP contribution in [0.4, 0.5) is 36.6 Å². The number of benzene rings is 2. The van der Waals surface area contributed by atoms with Crippen LogP contribution in [0, 0.1) is 5.82 Å². The van der Waals surface area contributed by atoms with Crippen molar-refractivity contribution in [1.29, 1.82) is 0 Å². The second-order valence-electron chi connectivity index (χ2n) is 9.25. The molecule has 3 aromatic rings. The normalized spacial score (nSPS) is 21.3. The maximum Gasteiger partial charge on any atom is 0.416 e. The molecule has 0 bridgehead atoms. The van der Waals surface area contributed by atoms with Crippen molar-refractivity contribution >= 4 is 5.82 Å². The van der Waals surface area contributed by atoms with Crippen molar-refractivity contribution in [3.63, 3.8) is 0 Å². The quantitative estimate of drug-likeness (QED) is 0.368. The summed E-state index contributed by atoms with van der Waals surface area (Å²) >= 11 is 0. The van der Waals surface area contributed by atoms with Crippen molar-refractivity contribution < 1.29 is 40.2 Å². The Kier molecular flexibility index (Phi) is 7.92. The average Bonchev–Trinajstić information content (AvgIpc) is 3.32. The Hall–Kier alpha value is -3.23. The van der Waals surface area contributed by atoms with E-state index in [2.05, 4.69) is 20.7 Å². The monoisotopic (exact) mass is 561 g/mol. The lowest BCUT2D eigenvalue weighted by atomic mass is 9.87. The minimum absolute atomic E-state index is 0.0611. The van der Waals surface area contributed by atoms with Gasteiger partial charge in [0.2, 0.25) is 0 Å². The molecule has 0 unspecified atom stereocenters. The van der Waals surface area contributed by atoms with Gasteiger partial charge >= 0.3 is 12.4 Å². The van der Waals surface area contributed by atoms with Gasteiger partial charge in [-0.15, -0.1) is 5.10 Å². The van der Waals surface area contributed by atoms with Crippen LogP contribution in [-0.4, -0.2) is 41.9 Å². The van der Waals surface area contributed by atoms with Crippen molar-refractivity contribution in [1.82, 2.24) is 20.7 Å². The van der Waals surface area contributed by atoms with Crippen LogP contribution < -0.4 is 10.2 Å². The maximum atomic E-state index is 13.8. The van der Waals surface area contributed by atoms with Crippen molar-refractivity contribution in [3.8, 4) is 0 Å². The second-order valence-corrected chi connectivity index (χ2v) is 9.25. The highest BCUT2D eigenvalue weighted by Crippen LogP contribution is 2.43. The molecule has 7 nitrogen and oxygen atoms in total. The van der Waals surface area contributed by atoms with Gasteiger partial charge < -0.3 is 19.7 Å². The molecule has 0 spiro atoms. The number of hydrogen-bond acceptors (Lipinski definition) is 6. The Labute approximate surface area is 219 Å². The summed E-state index contributed by atoms with van der Waals surface area (Å²) in [5.41, 5.74) is -3.42. The lowest BCUT2D eigenvalue weighted by molar-refractivity contribution is -0.217. The molecule has 1 aliphatic heterocycles. The molecule has 212 valence electrons. The number of ether oxygens (including phenoxy) is 2. The standard InChI is InChI=1S/C25H26F7N5O2/c1-14(15-10-17(24(27,28)29)12-18(11-15)25(30,31)32)39-22-23(2,16-4-6-19(26)7-5-16)37(8-9-38-22)21-20(13-33-3)34-36-35-21/h4-7,10-12,14,22,33H,8-9,13H2,1-3H3,(H,34,35,36)/t14-,22-,23+/m1/s1. The number of aromatic amines is 1. The van der Waals surface area contributed by atoms with Crippen LogP contribution >= 0.6 is 0 Å². The van der Waals surface area contributed by atoms with Crippen LogP contribution in [0.25, 0.3) is 0 Å². The molecule has 2 N–H and O–H groups in total. The molecule has 1 saturated heterocycles. The minimum atomic E-state index is -5.01. The summed E-state index contributed by atoms with van der Waals surface area (Å²) in [4.78, 5) is 1.81. The molecule has 2 heterocycles. The number of nitrogens with one attached hydrogen (secondary N) is 2. The maximum absolute atomic E-state index is 13.8. The summed E-state index contributed by atoms with van der Waals surface area (Å²) in [6, 6.07) is 6.77. The van der Waals surface area contributed by atoms with Gasteiger partial charge in [0.05, 0.1) is 23.8 Å². The molecule has 0 amide bonds. The van der Waals surface area contributed by atoms with E-state index in [9.17, 15) is 30.7 Å². The topological polar surface area (TPSA) is 75.3 Å². The van der Waals surface area contributed by atoms with E-state index in [1.807, 2.05) is 4.90 Å². The summed E-state index contributed by atoms with van der Waals surface area (Å²) in [5, 5.41) is 14.0. The number of halogens is 7. The first kappa shape index (κ1) is 28.8. The van der Waals surface area contributed by atoms with Crippen LogP contribution in [0.1, 0.15) is 47.9 Å². The lowest BCUT2D eigenvalue weighted by Gasteiger charge is -2.50. The van der Waals surface area contributed by atoms with Crippen LogP contribution in [0.5, 0.6) is 0 Å². The Balaban J connectivity index is 1.77. The van der Waals surface area contributed by atoms with Gasteiger partial charge in [0, 0.05) is 13.1 Å². The fraction of sp³-hybridized carbons (Fsp3) is 0.440. The lowest BCUT2D eigenvalue weighted by Crippen LogP contribution is -2.60. The van der Waals surface area contributed by atoms with Gasteiger partial charge in [0.25, 0.3) is 0 Å². The van der Waals surface area contributed by atoms with Crippen molar-refractivity contribution in [2.24, 2.45) is 0 Å². The predicted octanol–water partition coefficient (Wildman–Crippen LogP) is 5.56. The van der Waals surface area contributed by atoms with Crippen LogP contribution in [0.15, 0.2) is 42.5 Å². The van der Waals surface area contributed by atoms with Crippen LogP contribution in [0.2, 0.25) is 0 Å². The molecular weight excluding hydrogens is 535 g/mol. The number of nitrogens with zero attached hydrogens (tertiary/aromatic N) is 3. The average molecular weight is 562 g/mol. The third-order valence-electron chi connectivity index (χ3n) is 6.64. The Morgan fingerprint density at radius 2 is 1.69 bits per heavy atom. The van der Waals surface area contributed by atoms with Gasteiger partial charge in [-0.05, 0) is 62.4 Å².